The van der Waals surface area contributed by atoms with Gasteiger partial charge in [0, 0.05) is 17.7 Å². The van der Waals surface area contributed by atoms with Crippen LogP contribution in [0.4, 0.5) is 0 Å². The van der Waals surface area contributed by atoms with E-state index in [4.69, 9.17) is 18.8 Å². The molecule has 1 aromatic carbocycles. The smallest absolute Gasteiger partial charge is 0.495 e. The van der Waals surface area contributed by atoms with E-state index in [0.717, 1.165) is 0 Å². The number of hydrogen-bond donors (Lipinski definition) is 0. The molecule has 140 valence electrons. The predicted octanol–water partition coefficient (Wildman–Crippen LogP) is 3.44. The van der Waals surface area contributed by atoms with Crippen molar-refractivity contribution in [3.05, 3.63) is 23.8 Å². The normalized spacial score (nSPS) is 11.8. The van der Waals surface area contributed by atoms with E-state index in [1.54, 1.807) is 25.3 Å². The Balaban J connectivity index is 3.21. The SMILES string of the molecule is COc1ccc(C(=O)OCC(C)(C)C)c(B(OC(C)C)OC(C)C)c1. The number of hydrogen-bond acceptors (Lipinski definition) is 5. The van der Waals surface area contributed by atoms with E-state index in [1.165, 1.54) is 0 Å². The van der Waals surface area contributed by atoms with Gasteiger partial charge in [-0.25, -0.2) is 4.79 Å². The van der Waals surface area contributed by atoms with Gasteiger partial charge in [0.25, 0.3) is 0 Å². The second-order valence-electron chi connectivity index (χ2n) is 7.79. The molecule has 0 amide bonds. The summed E-state index contributed by atoms with van der Waals surface area (Å²) in [6.07, 6.45) is -0.123. The van der Waals surface area contributed by atoms with Crippen LogP contribution in [0.1, 0.15) is 58.8 Å². The molecule has 0 aromatic heterocycles. The summed E-state index contributed by atoms with van der Waals surface area (Å²) in [6, 6.07) is 5.20. The lowest BCUT2D eigenvalue weighted by molar-refractivity contribution is 0.0367. The van der Waals surface area contributed by atoms with Crippen LogP contribution in [0.3, 0.4) is 0 Å². The highest BCUT2D eigenvalue weighted by atomic mass is 16.6. The Hall–Kier alpha value is -1.53. The molecule has 1 aromatic rings. The molecule has 0 saturated carbocycles. The fourth-order valence-electron chi connectivity index (χ4n) is 2.08. The third-order valence-corrected chi connectivity index (χ3v) is 3.16. The summed E-state index contributed by atoms with van der Waals surface area (Å²) < 4.78 is 22.6. The van der Waals surface area contributed by atoms with E-state index in [2.05, 4.69) is 0 Å². The van der Waals surface area contributed by atoms with Gasteiger partial charge in [0.2, 0.25) is 0 Å². The predicted molar refractivity (Wildman–Crippen MR) is 101 cm³/mol. The van der Waals surface area contributed by atoms with Crippen molar-refractivity contribution in [3.63, 3.8) is 0 Å². The Morgan fingerprint density at radius 1 is 1.08 bits per heavy atom. The highest BCUT2D eigenvalue weighted by Gasteiger charge is 2.30. The van der Waals surface area contributed by atoms with Crippen LogP contribution in [-0.4, -0.2) is 39.0 Å². The lowest BCUT2D eigenvalue weighted by Crippen LogP contribution is -2.44. The van der Waals surface area contributed by atoms with Crippen molar-refractivity contribution < 1.29 is 23.6 Å². The van der Waals surface area contributed by atoms with Gasteiger partial charge in [0.1, 0.15) is 5.75 Å². The monoisotopic (exact) mass is 350 g/mol. The largest absolute Gasteiger partial charge is 0.497 e. The average molecular weight is 350 g/mol. The van der Waals surface area contributed by atoms with Crippen LogP contribution in [0.25, 0.3) is 0 Å². The molecule has 1 rings (SSSR count). The summed E-state index contributed by atoms with van der Waals surface area (Å²) in [5, 5.41) is 0. The van der Waals surface area contributed by atoms with Crippen LogP contribution in [0.5, 0.6) is 5.75 Å². The first-order valence-corrected chi connectivity index (χ1v) is 8.69. The lowest BCUT2D eigenvalue weighted by atomic mass is 9.75. The second-order valence-corrected chi connectivity index (χ2v) is 7.79. The van der Waals surface area contributed by atoms with E-state index >= 15 is 0 Å². The molecule has 0 fully saturated rings. The lowest BCUT2D eigenvalue weighted by Gasteiger charge is -2.23. The molecule has 0 heterocycles. The summed E-state index contributed by atoms with van der Waals surface area (Å²) in [6.45, 7) is 14.1. The maximum absolute atomic E-state index is 12.6. The second kappa shape index (κ2) is 9.25. The molecule has 0 aliphatic carbocycles. The van der Waals surface area contributed by atoms with Crippen LogP contribution in [0, 0.1) is 5.41 Å². The first-order valence-electron chi connectivity index (χ1n) is 8.69. The first-order chi connectivity index (χ1) is 11.5. The summed E-state index contributed by atoms with van der Waals surface area (Å²) in [7, 11) is 0.908. The van der Waals surface area contributed by atoms with Gasteiger partial charge in [-0.15, -0.1) is 0 Å². The van der Waals surface area contributed by atoms with E-state index in [1.807, 2.05) is 48.5 Å². The van der Waals surface area contributed by atoms with Crippen LogP contribution in [0.15, 0.2) is 18.2 Å². The standard InChI is InChI=1S/C19H31BO5/c1-13(2)24-20(25-14(3)4)17-11-15(22-8)9-10-16(17)18(21)23-12-19(5,6)7/h9-11,13-14H,12H2,1-8H3. The molecule has 0 aliphatic heterocycles. The minimum atomic E-state index is -0.674. The molecule has 0 radical (unpaired) electrons. The zero-order chi connectivity index (χ0) is 19.2. The first kappa shape index (κ1) is 21.5. The molecule has 25 heavy (non-hydrogen) atoms. The molecule has 0 atom stereocenters. The number of rotatable bonds is 8. The van der Waals surface area contributed by atoms with E-state index in [-0.39, 0.29) is 17.6 Å². The number of esters is 1. The summed E-state index contributed by atoms with van der Waals surface area (Å²) in [5.74, 6) is 0.240. The van der Waals surface area contributed by atoms with Crippen molar-refractivity contribution in [1.29, 1.82) is 0 Å². The molecule has 0 spiro atoms. The number of benzene rings is 1. The molecular weight excluding hydrogens is 319 g/mol. The molecule has 0 unspecified atom stereocenters. The van der Waals surface area contributed by atoms with Crippen molar-refractivity contribution >= 4 is 18.6 Å². The van der Waals surface area contributed by atoms with Gasteiger partial charge in [-0.2, -0.15) is 0 Å². The highest BCUT2D eigenvalue weighted by molar-refractivity contribution is 6.63. The van der Waals surface area contributed by atoms with Crippen LogP contribution in [0.2, 0.25) is 0 Å². The number of ether oxygens (including phenoxy) is 2. The molecular formula is C19H31BO5. The number of carbonyl (C=O) groups is 1. The van der Waals surface area contributed by atoms with Gasteiger partial charge in [-0.3, -0.25) is 0 Å². The van der Waals surface area contributed by atoms with Crippen molar-refractivity contribution in [2.75, 3.05) is 13.7 Å². The molecule has 5 nitrogen and oxygen atoms in total. The number of methoxy groups -OCH3 is 1. The Morgan fingerprint density at radius 3 is 2.08 bits per heavy atom. The molecule has 0 aliphatic rings. The molecule has 0 bridgehead atoms. The summed E-state index contributed by atoms with van der Waals surface area (Å²) in [5.41, 5.74) is 0.932. The average Bonchev–Trinajstić information content (AvgIpc) is 2.49. The molecule has 0 saturated heterocycles. The van der Waals surface area contributed by atoms with Crippen molar-refractivity contribution in [2.45, 2.75) is 60.7 Å². The fraction of sp³-hybridized carbons (Fsp3) is 0.632. The Kier molecular flexibility index (Phi) is 7.96. The molecule has 0 N–H and O–H groups in total. The zero-order valence-electron chi connectivity index (χ0n) is 16.7. The van der Waals surface area contributed by atoms with Crippen molar-refractivity contribution in [1.82, 2.24) is 0 Å². The third kappa shape index (κ3) is 7.49. The van der Waals surface area contributed by atoms with E-state index in [9.17, 15) is 4.79 Å². The van der Waals surface area contributed by atoms with E-state index < -0.39 is 13.1 Å². The zero-order valence-corrected chi connectivity index (χ0v) is 16.7. The van der Waals surface area contributed by atoms with Crippen LogP contribution < -0.4 is 10.2 Å². The van der Waals surface area contributed by atoms with Crippen LogP contribution in [-0.2, 0) is 14.0 Å². The van der Waals surface area contributed by atoms with Crippen molar-refractivity contribution in [3.8, 4) is 5.75 Å². The van der Waals surface area contributed by atoms with Gasteiger partial charge in [0.05, 0.1) is 19.3 Å². The Morgan fingerprint density at radius 2 is 1.64 bits per heavy atom. The van der Waals surface area contributed by atoms with Crippen molar-refractivity contribution in [2.24, 2.45) is 5.41 Å². The molecule has 6 heteroatoms. The van der Waals surface area contributed by atoms with Gasteiger partial charge in [-0.05, 0) is 51.3 Å². The van der Waals surface area contributed by atoms with E-state index in [0.29, 0.717) is 23.4 Å². The van der Waals surface area contributed by atoms with Gasteiger partial charge < -0.3 is 18.8 Å². The Labute approximate surface area is 152 Å². The maximum atomic E-state index is 12.6. The van der Waals surface area contributed by atoms with Gasteiger partial charge in [0.15, 0.2) is 0 Å². The minimum Gasteiger partial charge on any atom is -0.497 e. The number of carbonyl (C=O) groups excluding carboxylic acids is 1. The van der Waals surface area contributed by atoms with Gasteiger partial charge in [-0.1, -0.05) is 20.8 Å². The maximum Gasteiger partial charge on any atom is 0.495 e. The quantitative estimate of drug-likeness (QED) is 0.531. The fourth-order valence-corrected chi connectivity index (χ4v) is 2.08. The topological polar surface area (TPSA) is 54.0 Å². The summed E-state index contributed by atoms with van der Waals surface area (Å²) >= 11 is 0. The minimum absolute atomic E-state index is 0.0617. The highest BCUT2D eigenvalue weighted by Crippen LogP contribution is 2.17. The summed E-state index contributed by atoms with van der Waals surface area (Å²) in [4.78, 5) is 12.6. The Bertz CT molecular complexity index is 553. The van der Waals surface area contributed by atoms with Gasteiger partial charge >= 0.3 is 13.1 Å². The third-order valence-electron chi connectivity index (χ3n) is 3.16. The van der Waals surface area contributed by atoms with Crippen LogP contribution >= 0.6 is 0 Å².